The van der Waals surface area contributed by atoms with Crippen LogP contribution in [0.1, 0.15) is 83.1 Å². The van der Waals surface area contributed by atoms with Crippen molar-refractivity contribution in [3.8, 4) is 0 Å². The van der Waals surface area contributed by atoms with Gasteiger partial charge in [0.2, 0.25) is 0 Å². The summed E-state index contributed by atoms with van der Waals surface area (Å²) in [6.45, 7) is 4.93. The van der Waals surface area contributed by atoms with Crippen LogP contribution in [0.4, 0.5) is 5.69 Å². The van der Waals surface area contributed by atoms with E-state index in [1.807, 2.05) is 6.08 Å². The predicted molar refractivity (Wildman–Crippen MR) is 137 cm³/mol. The summed E-state index contributed by atoms with van der Waals surface area (Å²) in [6.07, 6.45) is 9.53. The third kappa shape index (κ3) is 3.44. The van der Waals surface area contributed by atoms with E-state index in [9.17, 15) is 15.0 Å². The monoisotopic (exact) mass is 463 g/mol. The molecule has 4 heteroatoms. The van der Waals surface area contributed by atoms with Gasteiger partial charge in [-0.2, -0.15) is 0 Å². The van der Waals surface area contributed by atoms with Gasteiger partial charge < -0.3 is 15.1 Å². The van der Waals surface area contributed by atoms with Gasteiger partial charge in [0, 0.05) is 44.1 Å². The summed E-state index contributed by atoms with van der Waals surface area (Å²) in [5.74, 6) is 0.936. The van der Waals surface area contributed by atoms with Crippen LogP contribution >= 0.6 is 0 Å². The molecule has 2 saturated carbocycles. The number of aliphatic hydroxyl groups excluding tert-OH is 1. The molecule has 0 radical (unpaired) electrons. The van der Waals surface area contributed by atoms with E-state index in [0.717, 1.165) is 38.5 Å². The molecular formula is C30H41NO3. The van der Waals surface area contributed by atoms with Crippen LogP contribution < -0.4 is 4.90 Å². The van der Waals surface area contributed by atoms with E-state index in [0.29, 0.717) is 25.2 Å². The fourth-order valence-corrected chi connectivity index (χ4v) is 8.40. The van der Waals surface area contributed by atoms with Crippen molar-refractivity contribution in [1.82, 2.24) is 0 Å². The van der Waals surface area contributed by atoms with E-state index >= 15 is 0 Å². The minimum atomic E-state index is -0.736. The lowest BCUT2D eigenvalue weighted by atomic mass is 9.45. The smallest absolute Gasteiger partial charge is 0.156 e. The lowest BCUT2D eigenvalue weighted by Crippen LogP contribution is -2.55. The molecule has 4 aliphatic rings. The molecule has 2 N–H and O–H groups in total. The molecule has 1 unspecified atom stereocenters. The van der Waals surface area contributed by atoms with Gasteiger partial charge in [0.1, 0.15) is 0 Å². The molecule has 0 heterocycles. The molecule has 0 saturated heterocycles. The quantitative estimate of drug-likeness (QED) is 0.601. The Morgan fingerprint density at radius 1 is 1.06 bits per heavy atom. The minimum absolute atomic E-state index is 0.0225. The maximum Gasteiger partial charge on any atom is 0.156 e. The number of nitrogens with zero attached hydrogens (tertiary/aromatic N) is 1. The van der Waals surface area contributed by atoms with Crippen molar-refractivity contribution in [2.24, 2.45) is 16.7 Å². The van der Waals surface area contributed by atoms with Gasteiger partial charge in [-0.3, -0.25) is 4.79 Å². The summed E-state index contributed by atoms with van der Waals surface area (Å²) < 4.78 is 0. The second-order valence-electron chi connectivity index (χ2n) is 12.1. The van der Waals surface area contributed by atoms with E-state index in [-0.39, 0.29) is 29.1 Å². The lowest BCUT2D eigenvalue weighted by Gasteiger charge is -2.60. The number of benzene rings is 1. The second-order valence-corrected chi connectivity index (χ2v) is 12.1. The molecule has 5 rings (SSSR count). The molecule has 1 aromatic carbocycles. The van der Waals surface area contributed by atoms with Gasteiger partial charge in [-0.05, 0) is 97.6 Å². The molecular weight excluding hydrogens is 422 g/mol. The lowest BCUT2D eigenvalue weighted by molar-refractivity contribution is -0.116. The van der Waals surface area contributed by atoms with Crippen LogP contribution in [-0.2, 0) is 4.79 Å². The Labute approximate surface area is 204 Å². The zero-order valence-corrected chi connectivity index (χ0v) is 21.4. The molecule has 0 bridgehead atoms. The van der Waals surface area contributed by atoms with Gasteiger partial charge in [-0.25, -0.2) is 0 Å². The standard InChI is InChI=1S/C30H41NO3/c1-28-15-12-21-18-23(33)10-11-24(21)27(28)25(20-6-8-22(9-7-20)31(3)4)19-29(2)26(28)13-16-30(29,34)14-5-17-32/h6-9,18,25-26,32,34H,5,10-17,19H2,1-4H3/t25-,26-,28?,29+,30+/m1/s1. The van der Waals surface area contributed by atoms with E-state index < -0.39 is 5.60 Å². The Morgan fingerprint density at radius 2 is 1.79 bits per heavy atom. The van der Waals surface area contributed by atoms with Crippen molar-refractivity contribution in [3.63, 3.8) is 0 Å². The fraction of sp³-hybridized carbons (Fsp3) is 0.633. The summed E-state index contributed by atoms with van der Waals surface area (Å²) in [5.41, 5.74) is 5.89. The molecule has 4 aliphatic carbocycles. The normalized spacial score (nSPS) is 37.1. The zero-order chi connectivity index (χ0) is 24.3. The highest BCUT2D eigenvalue weighted by Gasteiger charge is 2.66. The van der Waals surface area contributed by atoms with Crippen LogP contribution in [0.5, 0.6) is 0 Å². The van der Waals surface area contributed by atoms with E-state index in [1.165, 1.54) is 22.4 Å². The van der Waals surface area contributed by atoms with Gasteiger partial charge in [0.15, 0.2) is 5.78 Å². The van der Waals surface area contributed by atoms with Crippen LogP contribution in [0.15, 0.2) is 47.1 Å². The van der Waals surface area contributed by atoms with E-state index in [2.05, 4.69) is 57.1 Å². The Bertz CT molecular complexity index is 1040. The first-order chi connectivity index (χ1) is 16.1. The minimum Gasteiger partial charge on any atom is -0.396 e. The molecule has 184 valence electrons. The number of carbonyl (C=O) groups excluding carboxylic acids is 1. The third-order valence-corrected chi connectivity index (χ3v) is 10.2. The van der Waals surface area contributed by atoms with Crippen LogP contribution in [-0.4, -0.2) is 42.3 Å². The average Bonchev–Trinajstić information content (AvgIpc) is 3.08. The van der Waals surface area contributed by atoms with Crippen molar-refractivity contribution < 1.29 is 15.0 Å². The first kappa shape index (κ1) is 23.8. The number of carbonyl (C=O) groups is 1. The maximum absolute atomic E-state index is 12.3. The SMILES string of the molecule is CN(C)c1ccc([C@H]2C[C@@]3(C)[C@H](CC[C@@]3(O)CCCO)C3(C)CCC4=CC(=O)CCC4=C23)cc1. The molecule has 34 heavy (non-hydrogen) atoms. The number of hydrogen-bond donors (Lipinski definition) is 2. The number of rotatable bonds is 5. The number of aliphatic hydroxyl groups is 2. The number of hydrogen-bond acceptors (Lipinski definition) is 4. The predicted octanol–water partition coefficient (Wildman–Crippen LogP) is 5.55. The van der Waals surface area contributed by atoms with Gasteiger partial charge in [0.25, 0.3) is 0 Å². The number of ketones is 1. The summed E-state index contributed by atoms with van der Waals surface area (Å²) in [5, 5.41) is 21.6. The highest BCUT2D eigenvalue weighted by molar-refractivity contribution is 5.93. The molecule has 4 nitrogen and oxygen atoms in total. The maximum atomic E-state index is 12.3. The van der Waals surface area contributed by atoms with Gasteiger partial charge in [0.05, 0.1) is 5.60 Å². The highest BCUT2D eigenvalue weighted by Crippen LogP contribution is 2.71. The zero-order valence-electron chi connectivity index (χ0n) is 21.4. The molecule has 0 spiro atoms. The third-order valence-electron chi connectivity index (χ3n) is 10.2. The second kappa shape index (κ2) is 8.34. The van der Waals surface area contributed by atoms with Crippen molar-refractivity contribution in [3.05, 3.63) is 52.6 Å². The van der Waals surface area contributed by atoms with Gasteiger partial charge in [-0.15, -0.1) is 0 Å². The summed E-state index contributed by atoms with van der Waals surface area (Å²) >= 11 is 0. The van der Waals surface area contributed by atoms with Gasteiger partial charge >= 0.3 is 0 Å². The molecule has 0 aliphatic heterocycles. The molecule has 0 amide bonds. The van der Waals surface area contributed by atoms with Crippen LogP contribution in [0.2, 0.25) is 0 Å². The Morgan fingerprint density at radius 3 is 2.47 bits per heavy atom. The topological polar surface area (TPSA) is 60.8 Å². The van der Waals surface area contributed by atoms with Crippen molar-refractivity contribution in [2.45, 2.75) is 83.2 Å². The Kier molecular flexibility index (Phi) is 5.84. The number of anilines is 1. The first-order valence-corrected chi connectivity index (χ1v) is 13.2. The van der Waals surface area contributed by atoms with Crippen LogP contribution in [0, 0.1) is 16.7 Å². The Balaban J connectivity index is 1.67. The fourth-order valence-electron chi connectivity index (χ4n) is 8.40. The van der Waals surface area contributed by atoms with Crippen LogP contribution in [0.3, 0.4) is 0 Å². The van der Waals surface area contributed by atoms with Gasteiger partial charge in [-0.1, -0.05) is 31.6 Å². The Hall–Kier alpha value is -1.91. The highest BCUT2D eigenvalue weighted by atomic mass is 16.3. The van der Waals surface area contributed by atoms with Crippen LogP contribution in [0.25, 0.3) is 0 Å². The molecule has 5 atom stereocenters. The first-order valence-electron chi connectivity index (χ1n) is 13.2. The number of allylic oxidation sites excluding steroid dienone is 4. The van der Waals surface area contributed by atoms with Crippen molar-refractivity contribution in [1.29, 1.82) is 0 Å². The summed E-state index contributed by atoms with van der Waals surface area (Å²) in [7, 11) is 4.14. The largest absolute Gasteiger partial charge is 0.396 e. The number of fused-ring (bicyclic) bond motifs is 4. The summed E-state index contributed by atoms with van der Waals surface area (Å²) in [4.78, 5) is 14.4. The summed E-state index contributed by atoms with van der Waals surface area (Å²) in [6, 6.07) is 8.99. The van der Waals surface area contributed by atoms with Crippen molar-refractivity contribution >= 4 is 11.5 Å². The average molecular weight is 464 g/mol. The van der Waals surface area contributed by atoms with E-state index in [1.54, 1.807) is 5.57 Å². The molecule has 1 aromatic rings. The van der Waals surface area contributed by atoms with Crippen molar-refractivity contribution in [2.75, 3.05) is 25.6 Å². The van der Waals surface area contributed by atoms with E-state index in [4.69, 9.17) is 0 Å². The molecule has 2 fully saturated rings. The molecule has 0 aromatic heterocycles.